The number of halogens is 1. The second-order valence-corrected chi connectivity index (χ2v) is 8.24. The van der Waals surface area contributed by atoms with E-state index in [2.05, 4.69) is 12.2 Å². The summed E-state index contributed by atoms with van der Waals surface area (Å²) in [5, 5.41) is 3.45. The van der Waals surface area contributed by atoms with Gasteiger partial charge < -0.3 is 5.32 Å². The van der Waals surface area contributed by atoms with Crippen LogP contribution in [0, 0.1) is 18.7 Å². The standard InChI is InChI=1S/C16H24FNO2S/c1-3-7-18-16(9-13-6-8-21(19,20)11-13)15-10-14(17)5-4-12(15)2/h4-5,10,13,16,18H,3,6-9,11H2,1-2H3. The van der Waals surface area contributed by atoms with Crippen LogP contribution in [0.4, 0.5) is 4.39 Å². The number of rotatable bonds is 6. The zero-order valence-electron chi connectivity index (χ0n) is 12.7. The molecular formula is C16H24FNO2S. The fourth-order valence-corrected chi connectivity index (χ4v) is 4.90. The van der Waals surface area contributed by atoms with Gasteiger partial charge in [-0.05, 0) is 61.9 Å². The van der Waals surface area contributed by atoms with E-state index in [0.29, 0.717) is 5.75 Å². The minimum Gasteiger partial charge on any atom is -0.310 e. The first-order valence-electron chi connectivity index (χ1n) is 7.61. The molecule has 118 valence electrons. The van der Waals surface area contributed by atoms with Crippen LogP contribution < -0.4 is 5.32 Å². The summed E-state index contributed by atoms with van der Waals surface area (Å²) in [6, 6.07) is 4.86. The van der Waals surface area contributed by atoms with E-state index in [9.17, 15) is 12.8 Å². The molecule has 0 bridgehead atoms. The van der Waals surface area contributed by atoms with Crippen molar-refractivity contribution in [3.8, 4) is 0 Å². The minimum absolute atomic E-state index is 0.0268. The van der Waals surface area contributed by atoms with Crippen LogP contribution in [-0.4, -0.2) is 26.5 Å². The van der Waals surface area contributed by atoms with E-state index in [0.717, 1.165) is 36.9 Å². The first-order valence-corrected chi connectivity index (χ1v) is 9.43. The van der Waals surface area contributed by atoms with E-state index in [-0.39, 0.29) is 23.5 Å². The van der Waals surface area contributed by atoms with Crippen molar-refractivity contribution in [2.45, 2.75) is 39.2 Å². The highest BCUT2D eigenvalue weighted by Crippen LogP contribution is 2.30. The largest absolute Gasteiger partial charge is 0.310 e. The Kier molecular flexibility index (Phi) is 5.38. The van der Waals surface area contributed by atoms with Gasteiger partial charge in [0.1, 0.15) is 5.82 Å². The average molecular weight is 313 g/mol. The highest BCUT2D eigenvalue weighted by atomic mass is 32.2. The molecule has 0 amide bonds. The molecule has 0 aliphatic carbocycles. The summed E-state index contributed by atoms with van der Waals surface area (Å²) in [5.74, 6) is 0.497. The van der Waals surface area contributed by atoms with Crippen LogP contribution in [0.5, 0.6) is 0 Å². The lowest BCUT2D eigenvalue weighted by atomic mass is 9.91. The second kappa shape index (κ2) is 6.88. The quantitative estimate of drug-likeness (QED) is 0.878. The van der Waals surface area contributed by atoms with E-state index >= 15 is 0 Å². The van der Waals surface area contributed by atoms with Crippen LogP contribution in [0.25, 0.3) is 0 Å². The van der Waals surface area contributed by atoms with Crippen LogP contribution >= 0.6 is 0 Å². The molecule has 1 N–H and O–H groups in total. The SMILES string of the molecule is CCCNC(CC1CCS(=O)(=O)C1)c1cc(F)ccc1C. The predicted octanol–water partition coefficient (Wildman–Crippen LogP) is 3.00. The molecule has 1 fully saturated rings. The number of nitrogens with one attached hydrogen (secondary N) is 1. The number of aryl methyl sites for hydroxylation is 1. The van der Waals surface area contributed by atoms with Gasteiger partial charge in [0.25, 0.3) is 0 Å². The van der Waals surface area contributed by atoms with Gasteiger partial charge in [0, 0.05) is 6.04 Å². The smallest absolute Gasteiger partial charge is 0.150 e. The Morgan fingerprint density at radius 3 is 2.81 bits per heavy atom. The number of hydrogen-bond donors (Lipinski definition) is 1. The molecule has 0 spiro atoms. The van der Waals surface area contributed by atoms with Gasteiger partial charge in [-0.1, -0.05) is 13.0 Å². The van der Waals surface area contributed by atoms with Crippen LogP contribution in [0.3, 0.4) is 0 Å². The molecule has 1 heterocycles. The molecule has 1 aliphatic heterocycles. The summed E-state index contributed by atoms with van der Waals surface area (Å²) in [7, 11) is -2.86. The second-order valence-electron chi connectivity index (χ2n) is 6.01. The van der Waals surface area contributed by atoms with Crippen molar-refractivity contribution in [3.05, 3.63) is 35.1 Å². The lowest BCUT2D eigenvalue weighted by molar-refractivity contribution is 0.412. The third kappa shape index (κ3) is 4.51. The lowest BCUT2D eigenvalue weighted by Crippen LogP contribution is -2.25. The van der Waals surface area contributed by atoms with E-state index < -0.39 is 9.84 Å². The Morgan fingerprint density at radius 1 is 1.43 bits per heavy atom. The highest BCUT2D eigenvalue weighted by molar-refractivity contribution is 7.91. The minimum atomic E-state index is -2.86. The summed E-state index contributed by atoms with van der Waals surface area (Å²) in [6.45, 7) is 4.91. The Labute approximate surface area is 126 Å². The summed E-state index contributed by atoms with van der Waals surface area (Å²) in [5.41, 5.74) is 2.00. The third-order valence-electron chi connectivity index (χ3n) is 4.15. The molecule has 1 aromatic carbocycles. The zero-order valence-corrected chi connectivity index (χ0v) is 13.5. The molecule has 1 saturated heterocycles. The number of hydrogen-bond acceptors (Lipinski definition) is 3. The Balaban J connectivity index is 2.16. The van der Waals surface area contributed by atoms with Crippen molar-refractivity contribution in [1.29, 1.82) is 0 Å². The van der Waals surface area contributed by atoms with Gasteiger partial charge in [-0.15, -0.1) is 0 Å². The molecule has 1 aliphatic rings. The van der Waals surface area contributed by atoms with Crippen LogP contribution in [-0.2, 0) is 9.84 Å². The molecule has 0 saturated carbocycles. The highest BCUT2D eigenvalue weighted by Gasteiger charge is 2.30. The van der Waals surface area contributed by atoms with Gasteiger partial charge in [0.2, 0.25) is 0 Å². The maximum absolute atomic E-state index is 13.5. The maximum Gasteiger partial charge on any atom is 0.150 e. The fraction of sp³-hybridized carbons (Fsp3) is 0.625. The summed E-state index contributed by atoms with van der Waals surface area (Å²) >= 11 is 0. The van der Waals surface area contributed by atoms with Crippen molar-refractivity contribution in [3.63, 3.8) is 0 Å². The van der Waals surface area contributed by atoms with Crippen molar-refractivity contribution >= 4 is 9.84 Å². The van der Waals surface area contributed by atoms with Crippen LogP contribution in [0.15, 0.2) is 18.2 Å². The average Bonchev–Trinajstić information content (AvgIpc) is 2.77. The van der Waals surface area contributed by atoms with E-state index in [1.54, 1.807) is 12.1 Å². The molecule has 2 atom stereocenters. The van der Waals surface area contributed by atoms with Gasteiger partial charge in [-0.2, -0.15) is 0 Å². The molecular weight excluding hydrogens is 289 g/mol. The van der Waals surface area contributed by atoms with E-state index in [1.807, 2.05) is 6.92 Å². The molecule has 21 heavy (non-hydrogen) atoms. The number of benzene rings is 1. The lowest BCUT2D eigenvalue weighted by Gasteiger charge is -2.23. The molecule has 3 nitrogen and oxygen atoms in total. The van der Waals surface area contributed by atoms with Crippen molar-refractivity contribution in [2.24, 2.45) is 5.92 Å². The maximum atomic E-state index is 13.5. The summed E-state index contributed by atoms with van der Waals surface area (Å²) < 4.78 is 36.8. The first kappa shape index (κ1) is 16.4. The van der Waals surface area contributed by atoms with Gasteiger partial charge in [0.15, 0.2) is 9.84 Å². The molecule has 2 rings (SSSR count). The van der Waals surface area contributed by atoms with Crippen LogP contribution in [0.2, 0.25) is 0 Å². The summed E-state index contributed by atoms with van der Waals surface area (Å²) in [6.07, 6.45) is 2.47. The van der Waals surface area contributed by atoms with Gasteiger partial charge in [0.05, 0.1) is 11.5 Å². The Bertz CT molecular complexity index is 586. The van der Waals surface area contributed by atoms with Gasteiger partial charge >= 0.3 is 0 Å². The normalized spacial score (nSPS) is 22.3. The van der Waals surface area contributed by atoms with E-state index in [1.165, 1.54) is 6.07 Å². The molecule has 0 radical (unpaired) electrons. The van der Waals surface area contributed by atoms with Gasteiger partial charge in [-0.25, -0.2) is 12.8 Å². The molecule has 1 aromatic rings. The first-order chi connectivity index (χ1) is 9.91. The Morgan fingerprint density at radius 2 is 2.19 bits per heavy atom. The molecule has 2 unspecified atom stereocenters. The predicted molar refractivity (Wildman–Crippen MR) is 83.5 cm³/mol. The third-order valence-corrected chi connectivity index (χ3v) is 5.99. The topological polar surface area (TPSA) is 46.2 Å². The van der Waals surface area contributed by atoms with Crippen molar-refractivity contribution < 1.29 is 12.8 Å². The van der Waals surface area contributed by atoms with Gasteiger partial charge in [-0.3, -0.25) is 0 Å². The monoisotopic (exact) mass is 313 g/mol. The summed E-state index contributed by atoms with van der Waals surface area (Å²) in [4.78, 5) is 0. The fourth-order valence-electron chi connectivity index (χ4n) is 3.02. The Hall–Kier alpha value is -0.940. The van der Waals surface area contributed by atoms with Crippen molar-refractivity contribution in [2.75, 3.05) is 18.1 Å². The van der Waals surface area contributed by atoms with Crippen molar-refractivity contribution in [1.82, 2.24) is 5.32 Å². The molecule has 0 aromatic heterocycles. The van der Waals surface area contributed by atoms with E-state index in [4.69, 9.17) is 0 Å². The number of sulfone groups is 1. The molecule has 5 heteroatoms. The zero-order chi connectivity index (χ0) is 15.5. The van der Waals surface area contributed by atoms with Crippen LogP contribution in [0.1, 0.15) is 43.4 Å².